The van der Waals surface area contributed by atoms with Gasteiger partial charge in [0.05, 0.1) is 0 Å². The van der Waals surface area contributed by atoms with Crippen LogP contribution in [0.3, 0.4) is 0 Å². The molecule has 0 aromatic carbocycles. The van der Waals surface area contributed by atoms with Gasteiger partial charge in [-0.25, -0.2) is 0 Å². The summed E-state index contributed by atoms with van der Waals surface area (Å²) < 4.78 is 3.19. The SMILES string of the molecule is CC=CC=[C]([Ru][C](=CC=CC)C(C)C)C(C)C. The molecule has 0 radical (unpaired) electrons. The van der Waals surface area contributed by atoms with Crippen molar-refractivity contribution < 1.29 is 17.1 Å². The van der Waals surface area contributed by atoms with Crippen molar-refractivity contribution in [1.29, 1.82) is 0 Å². The molecular weight excluding hydrogens is 293 g/mol. The Morgan fingerprint density at radius 3 is 1.35 bits per heavy atom. The molecular formula is C16H26Ru. The third kappa shape index (κ3) is 7.50. The van der Waals surface area contributed by atoms with Crippen molar-refractivity contribution in [3.8, 4) is 0 Å². The molecule has 0 N–H and O–H groups in total. The molecule has 98 valence electrons. The van der Waals surface area contributed by atoms with Crippen LogP contribution in [-0.2, 0) is 17.1 Å². The summed E-state index contributed by atoms with van der Waals surface area (Å²) in [5.41, 5.74) is 0. The van der Waals surface area contributed by atoms with Gasteiger partial charge < -0.3 is 0 Å². The van der Waals surface area contributed by atoms with E-state index in [1.807, 2.05) is 0 Å². The van der Waals surface area contributed by atoms with Crippen LogP contribution in [0.15, 0.2) is 44.8 Å². The molecule has 0 rings (SSSR count). The monoisotopic (exact) mass is 320 g/mol. The van der Waals surface area contributed by atoms with Crippen molar-refractivity contribution in [3.05, 3.63) is 44.8 Å². The van der Waals surface area contributed by atoms with Gasteiger partial charge in [-0.15, -0.1) is 0 Å². The maximum absolute atomic E-state index is 2.30. The number of hydrogen-bond donors (Lipinski definition) is 0. The van der Waals surface area contributed by atoms with E-state index in [1.54, 1.807) is 8.33 Å². The van der Waals surface area contributed by atoms with Gasteiger partial charge in [0.1, 0.15) is 0 Å². The van der Waals surface area contributed by atoms with Crippen molar-refractivity contribution in [2.24, 2.45) is 11.8 Å². The van der Waals surface area contributed by atoms with Gasteiger partial charge in [0.25, 0.3) is 0 Å². The van der Waals surface area contributed by atoms with E-state index in [0.717, 1.165) is 0 Å². The second-order valence-corrected chi connectivity index (χ2v) is 6.97. The zero-order valence-electron chi connectivity index (χ0n) is 12.0. The van der Waals surface area contributed by atoms with Gasteiger partial charge in [-0.3, -0.25) is 0 Å². The molecule has 0 saturated carbocycles. The molecule has 0 fully saturated rings. The van der Waals surface area contributed by atoms with E-state index in [9.17, 15) is 0 Å². The van der Waals surface area contributed by atoms with Gasteiger partial charge >= 0.3 is 115 Å². The Balaban J connectivity index is 4.93. The Hall–Kier alpha value is -0.417. The van der Waals surface area contributed by atoms with Crippen LogP contribution in [-0.4, -0.2) is 0 Å². The minimum absolute atomic E-state index is 0.204. The van der Waals surface area contributed by atoms with Crippen molar-refractivity contribution in [2.75, 3.05) is 0 Å². The van der Waals surface area contributed by atoms with Crippen LogP contribution in [0.4, 0.5) is 0 Å². The second kappa shape index (κ2) is 9.60. The van der Waals surface area contributed by atoms with E-state index in [2.05, 4.69) is 78.0 Å². The van der Waals surface area contributed by atoms with Gasteiger partial charge in [0.2, 0.25) is 0 Å². The van der Waals surface area contributed by atoms with E-state index < -0.39 is 0 Å². The van der Waals surface area contributed by atoms with Crippen molar-refractivity contribution in [1.82, 2.24) is 0 Å². The molecule has 0 aliphatic rings. The molecule has 0 bridgehead atoms. The molecule has 0 aliphatic carbocycles. The van der Waals surface area contributed by atoms with Crippen LogP contribution in [0.5, 0.6) is 0 Å². The quantitative estimate of drug-likeness (QED) is 0.460. The Morgan fingerprint density at radius 2 is 1.12 bits per heavy atom. The molecule has 17 heavy (non-hydrogen) atoms. The van der Waals surface area contributed by atoms with E-state index in [-0.39, 0.29) is 17.1 Å². The summed E-state index contributed by atoms with van der Waals surface area (Å²) in [7, 11) is 0. The Morgan fingerprint density at radius 1 is 0.765 bits per heavy atom. The van der Waals surface area contributed by atoms with Crippen molar-refractivity contribution in [2.45, 2.75) is 41.5 Å². The fraction of sp³-hybridized carbons (Fsp3) is 0.500. The van der Waals surface area contributed by atoms with Gasteiger partial charge in [0.15, 0.2) is 0 Å². The van der Waals surface area contributed by atoms with Gasteiger partial charge in [-0.05, 0) is 0 Å². The summed E-state index contributed by atoms with van der Waals surface area (Å²) >= 11 is 0.204. The first kappa shape index (κ1) is 16.6. The molecule has 0 spiro atoms. The summed E-state index contributed by atoms with van der Waals surface area (Å²) in [4.78, 5) is 0. The standard InChI is InChI=1S/2C8H13.Ru/c2*1-4-5-6-7-8(2)3;/h2*4-6,8H,1-3H3;. The summed E-state index contributed by atoms with van der Waals surface area (Å²) in [6.07, 6.45) is 13.1. The number of allylic oxidation sites excluding steroid dienone is 8. The third-order valence-corrected chi connectivity index (χ3v) is 5.76. The Kier molecular flexibility index (Phi) is 9.36. The van der Waals surface area contributed by atoms with Gasteiger partial charge in [-0.1, -0.05) is 0 Å². The first-order chi connectivity index (χ1) is 8.02. The van der Waals surface area contributed by atoms with Crippen molar-refractivity contribution in [3.63, 3.8) is 0 Å². The average molecular weight is 319 g/mol. The summed E-state index contributed by atoms with van der Waals surface area (Å²) in [5.74, 6) is 1.30. The van der Waals surface area contributed by atoms with Crippen molar-refractivity contribution >= 4 is 0 Å². The molecule has 0 saturated heterocycles. The molecule has 1 heteroatoms. The fourth-order valence-corrected chi connectivity index (χ4v) is 3.34. The molecule has 0 atom stereocenters. The van der Waals surface area contributed by atoms with Crippen LogP contribution >= 0.6 is 0 Å². The molecule has 0 aromatic heterocycles. The van der Waals surface area contributed by atoms with Crippen LogP contribution in [0.2, 0.25) is 0 Å². The van der Waals surface area contributed by atoms with E-state index in [1.165, 1.54) is 0 Å². The summed E-state index contributed by atoms with van der Waals surface area (Å²) in [5, 5.41) is 0. The summed E-state index contributed by atoms with van der Waals surface area (Å²) in [6.45, 7) is 13.3. The van der Waals surface area contributed by atoms with E-state index in [0.29, 0.717) is 11.8 Å². The summed E-state index contributed by atoms with van der Waals surface area (Å²) in [6, 6.07) is 0. The molecule has 0 unspecified atom stereocenters. The first-order valence-corrected chi connectivity index (χ1v) is 8.04. The molecule has 0 nitrogen and oxygen atoms in total. The van der Waals surface area contributed by atoms with Crippen LogP contribution in [0.25, 0.3) is 0 Å². The zero-order valence-corrected chi connectivity index (χ0v) is 13.7. The topological polar surface area (TPSA) is 0 Å². The fourth-order valence-electron chi connectivity index (χ4n) is 1.14. The van der Waals surface area contributed by atoms with Crippen LogP contribution < -0.4 is 0 Å². The zero-order chi connectivity index (χ0) is 13.3. The molecule has 0 amide bonds. The maximum atomic E-state index is 2.30. The number of rotatable bonds is 6. The Labute approximate surface area is 115 Å². The van der Waals surface area contributed by atoms with Crippen LogP contribution in [0.1, 0.15) is 41.5 Å². The van der Waals surface area contributed by atoms with Crippen LogP contribution in [0, 0.1) is 11.8 Å². The van der Waals surface area contributed by atoms with E-state index in [4.69, 9.17) is 0 Å². The van der Waals surface area contributed by atoms with Gasteiger partial charge in [0, 0.05) is 0 Å². The normalized spacial score (nSPS) is 15.1. The first-order valence-electron chi connectivity index (χ1n) is 6.31. The molecule has 0 aromatic rings. The van der Waals surface area contributed by atoms with Gasteiger partial charge in [-0.2, -0.15) is 0 Å². The predicted octanol–water partition coefficient (Wildman–Crippen LogP) is 5.30. The average Bonchev–Trinajstić information content (AvgIpc) is 2.27. The predicted molar refractivity (Wildman–Crippen MR) is 75.5 cm³/mol. The molecule has 0 heterocycles. The van der Waals surface area contributed by atoms with E-state index >= 15 is 0 Å². The second-order valence-electron chi connectivity index (χ2n) is 4.52. The Bertz CT molecular complexity index is 282. The third-order valence-electron chi connectivity index (χ3n) is 2.17. The molecule has 0 aliphatic heterocycles. The number of hydrogen-bond acceptors (Lipinski definition) is 0. The minimum atomic E-state index is 0.204.